The molecule has 5 atom stereocenters. The molecule has 0 unspecified atom stereocenters. The molecule has 1 aliphatic rings. The van der Waals surface area contributed by atoms with Gasteiger partial charge in [0.1, 0.15) is 18.5 Å². The van der Waals surface area contributed by atoms with Crippen LogP contribution in [0, 0.1) is 6.92 Å². The topological polar surface area (TPSA) is 124 Å². The number of esters is 4. The van der Waals surface area contributed by atoms with Crippen LogP contribution in [-0.2, 0) is 42.9 Å². The number of rotatable bonds is 8. The molecule has 188 valence electrons. The third-order valence-corrected chi connectivity index (χ3v) is 5.07. The molecule has 1 aliphatic heterocycles. The summed E-state index contributed by atoms with van der Waals surface area (Å²) < 4.78 is 33.4. The van der Waals surface area contributed by atoms with E-state index in [0.29, 0.717) is 5.75 Å². The molecule has 10 nitrogen and oxygen atoms in total. The molecule has 1 aromatic rings. The minimum atomic E-state index is -1.28. The van der Waals surface area contributed by atoms with Gasteiger partial charge in [-0.3, -0.25) is 19.2 Å². The SMILES string of the molecule is CC(=O)OC[C@@H]1O[C@H](Oc2cc(C(C)C)ccc2C)[C@@H](OC(C)=O)[C@H](OC(C)=O)[C@@H]1OC(C)=O. The second-order valence-corrected chi connectivity index (χ2v) is 8.37. The van der Waals surface area contributed by atoms with Gasteiger partial charge >= 0.3 is 23.9 Å². The van der Waals surface area contributed by atoms with E-state index < -0.39 is 54.6 Å². The van der Waals surface area contributed by atoms with Crippen molar-refractivity contribution in [2.75, 3.05) is 6.61 Å². The van der Waals surface area contributed by atoms with E-state index in [1.54, 1.807) is 0 Å². The maximum atomic E-state index is 11.9. The monoisotopic (exact) mass is 480 g/mol. The fraction of sp³-hybridized carbons (Fsp3) is 0.583. The Hall–Kier alpha value is -3.14. The van der Waals surface area contributed by atoms with Crippen molar-refractivity contribution in [1.29, 1.82) is 0 Å². The van der Waals surface area contributed by atoms with E-state index >= 15 is 0 Å². The van der Waals surface area contributed by atoms with Crippen molar-refractivity contribution < 1.29 is 47.6 Å². The van der Waals surface area contributed by atoms with Gasteiger partial charge in [-0.25, -0.2) is 0 Å². The van der Waals surface area contributed by atoms with Crippen molar-refractivity contribution in [3.63, 3.8) is 0 Å². The normalized spacial score (nSPS) is 24.2. The molecule has 0 aromatic heterocycles. The summed E-state index contributed by atoms with van der Waals surface area (Å²) >= 11 is 0. The molecule has 1 aromatic carbocycles. The summed E-state index contributed by atoms with van der Waals surface area (Å²) in [5.41, 5.74) is 1.79. The highest BCUT2D eigenvalue weighted by Gasteiger charge is 2.53. The molecule has 0 amide bonds. The summed E-state index contributed by atoms with van der Waals surface area (Å²) in [6.07, 6.45) is -6.11. The van der Waals surface area contributed by atoms with E-state index in [9.17, 15) is 19.2 Å². The molecule has 0 aliphatic carbocycles. The van der Waals surface area contributed by atoms with E-state index in [4.69, 9.17) is 28.4 Å². The first-order valence-electron chi connectivity index (χ1n) is 11.0. The van der Waals surface area contributed by atoms with Crippen LogP contribution in [0.4, 0.5) is 0 Å². The van der Waals surface area contributed by atoms with Crippen LogP contribution in [0.25, 0.3) is 0 Å². The maximum Gasteiger partial charge on any atom is 0.303 e. The first-order chi connectivity index (χ1) is 15.9. The van der Waals surface area contributed by atoms with Crippen LogP contribution in [0.3, 0.4) is 0 Å². The second kappa shape index (κ2) is 11.8. The van der Waals surface area contributed by atoms with Gasteiger partial charge in [-0.2, -0.15) is 0 Å². The average Bonchev–Trinajstić information content (AvgIpc) is 2.71. The van der Waals surface area contributed by atoms with E-state index in [1.807, 2.05) is 39.0 Å². The Morgan fingerprint density at radius 1 is 0.853 bits per heavy atom. The third kappa shape index (κ3) is 7.44. The Morgan fingerprint density at radius 3 is 1.94 bits per heavy atom. The van der Waals surface area contributed by atoms with Crippen molar-refractivity contribution in [2.24, 2.45) is 0 Å². The van der Waals surface area contributed by atoms with Crippen LogP contribution in [-0.4, -0.2) is 61.2 Å². The fourth-order valence-electron chi connectivity index (χ4n) is 3.51. The van der Waals surface area contributed by atoms with Crippen molar-refractivity contribution in [3.8, 4) is 5.75 Å². The van der Waals surface area contributed by atoms with Crippen LogP contribution in [0.1, 0.15) is 58.6 Å². The van der Waals surface area contributed by atoms with Crippen LogP contribution >= 0.6 is 0 Å². The van der Waals surface area contributed by atoms with Crippen molar-refractivity contribution in [2.45, 2.75) is 85.1 Å². The third-order valence-electron chi connectivity index (χ3n) is 5.07. The van der Waals surface area contributed by atoms with Crippen LogP contribution in [0.15, 0.2) is 18.2 Å². The lowest BCUT2D eigenvalue weighted by Gasteiger charge is -2.44. The number of hydrogen-bond donors (Lipinski definition) is 0. The van der Waals surface area contributed by atoms with Gasteiger partial charge in [0, 0.05) is 27.7 Å². The Morgan fingerprint density at radius 2 is 1.41 bits per heavy atom. The molecule has 0 radical (unpaired) electrons. The number of aryl methyl sites for hydroxylation is 1. The summed E-state index contributed by atoms with van der Waals surface area (Å²) in [7, 11) is 0. The lowest BCUT2D eigenvalue weighted by atomic mass is 9.97. The Labute approximate surface area is 198 Å². The number of ether oxygens (including phenoxy) is 6. The molecule has 0 bridgehead atoms. The van der Waals surface area contributed by atoms with E-state index in [-0.39, 0.29) is 12.5 Å². The molecule has 0 spiro atoms. The fourth-order valence-corrected chi connectivity index (χ4v) is 3.51. The Kier molecular flexibility index (Phi) is 9.43. The highest BCUT2D eigenvalue weighted by atomic mass is 16.7. The molecule has 2 rings (SSSR count). The Balaban J connectivity index is 2.51. The number of hydrogen-bond acceptors (Lipinski definition) is 10. The quantitative estimate of drug-likeness (QED) is 0.405. The lowest BCUT2D eigenvalue weighted by molar-refractivity contribution is -0.288. The number of carbonyl (C=O) groups excluding carboxylic acids is 4. The molecule has 1 heterocycles. The zero-order chi connectivity index (χ0) is 25.6. The van der Waals surface area contributed by atoms with Gasteiger partial charge in [0.2, 0.25) is 12.4 Å². The maximum absolute atomic E-state index is 11.9. The summed E-state index contributed by atoms with van der Waals surface area (Å²) in [5.74, 6) is -1.99. The predicted molar refractivity (Wildman–Crippen MR) is 118 cm³/mol. The zero-order valence-electron chi connectivity index (χ0n) is 20.5. The number of benzene rings is 1. The molecule has 1 fully saturated rings. The van der Waals surface area contributed by atoms with E-state index in [1.165, 1.54) is 13.8 Å². The van der Waals surface area contributed by atoms with Crippen molar-refractivity contribution >= 4 is 23.9 Å². The van der Waals surface area contributed by atoms with E-state index in [0.717, 1.165) is 25.0 Å². The summed E-state index contributed by atoms with van der Waals surface area (Å²) in [6.45, 7) is 10.3. The molecule has 0 saturated carbocycles. The van der Waals surface area contributed by atoms with Gasteiger partial charge in [-0.05, 0) is 30.0 Å². The largest absolute Gasteiger partial charge is 0.463 e. The summed E-state index contributed by atoms with van der Waals surface area (Å²) in [5, 5.41) is 0. The average molecular weight is 481 g/mol. The highest BCUT2D eigenvalue weighted by molar-refractivity contribution is 5.68. The molecule has 10 heteroatoms. The van der Waals surface area contributed by atoms with Crippen LogP contribution in [0.2, 0.25) is 0 Å². The molecule has 0 N–H and O–H groups in total. The lowest BCUT2D eigenvalue weighted by Crippen LogP contribution is -2.63. The van der Waals surface area contributed by atoms with Crippen LogP contribution in [0.5, 0.6) is 5.75 Å². The van der Waals surface area contributed by atoms with Crippen LogP contribution < -0.4 is 4.74 Å². The van der Waals surface area contributed by atoms with Crippen molar-refractivity contribution in [3.05, 3.63) is 29.3 Å². The van der Waals surface area contributed by atoms with Crippen molar-refractivity contribution in [1.82, 2.24) is 0 Å². The first kappa shape index (κ1) is 27.1. The minimum absolute atomic E-state index is 0.221. The predicted octanol–water partition coefficient (Wildman–Crippen LogP) is 2.58. The molecular weight excluding hydrogens is 448 g/mol. The number of carbonyl (C=O) groups is 4. The minimum Gasteiger partial charge on any atom is -0.463 e. The van der Waals surface area contributed by atoms with Gasteiger partial charge in [-0.15, -0.1) is 0 Å². The van der Waals surface area contributed by atoms with Gasteiger partial charge in [-0.1, -0.05) is 26.0 Å². The van der Waals surface area contributed by atoms with Gasteiger partial charge < -0.3 is 28.4 Å². The van der Waals surface area contributed by atoms with Gasteiger partial charge in [0.25, 0.3) is 0 Å². The second-order valence-electron chi connectivity index (χ2n) is 8.37. The molecular formula is C24H32O10. The summed E-state index contributed by atoms with van der Waals surface area (Å²) in [6, 6.07) is 5.70. The molecule has 1 saturated heterocycles. The first-order valence-corrected chi connectivity index (χ1v) is 11.0. The Bertz CT molecular complexity index is 909. The summed E-state index contributed by atoms with van der Waals surface area (Å²) in [4.78, 5) is 47.1. The van der Waals surface area contributed by atoms with Gasteiger partial charge in [0.15, 0.2) is 12.2 Å². The molecule has 34 heavy (non-hydrogen) atoms. The highest BCUT2D eigenvalue weighted by Crippen LogP contribution is 2.33. The standard InChI is InChI=1S/C24H32O10/c1-12(2)18-9-8-13(3)19(10-18)33-24-23(32-17(7)28)22(31-16(6)27)21(30-15(5)26)20(34-24)11-29-14(4)25/h8-10,12,20-24H,11H2,1-7H3/t20-,21+,22+,23-,24-/m0/s1. The zero-order valence-corrected chi connectivity index (χ0v) is 20.5. The van der Waals surface area contributed by atoms with E-state index in [2.05, 4.69) is 0 Å². The van der Waals surface area contributed by atoms with Gasteiger partial charge in [0.05, 0.1) is 0 Å². The smallest absolute Gasteiger partial charge is 0.303 e.